The summed E-state index contributed by atoms with van der Waals surface area (Å²) >= 11 is 0. The molecule has 27 heavy (non-hydrogen) atoms. The Kier molecular flexibility index (Phi) is 4.65. The zero-order valence-electron chi connectivity index (χ0n) is 15.3. The van der Waals surface area contributed by atoms with Crippen LogP contribution in [-0.2, 0) is 6.54 Å². The van der Waals surface area contributed by atoms with Crippen molar-refractivity contribution in [2.75, 3.05) is 10.6 Å². The first-order valence-corrected chi connectivity index (χ1v) is 8.90. The lowest BCUT2D eigenvalue weighted by Gasteiger charge is -2.12. The fourth-order valence-electron chi connectivity index (χ4n) is 2.80. The zero-order chi connectivity index (χ0) is 18.6. The minimum Gasteiger partial charge on any atom is -0.350 e. The van der Waals surface area contributed by atoms with Gasteiger partial charge in [-0.25, -0.2) is 4.98 Å². The Labute approximate surface area is 157 Å². The average molecular weight is 359 g/mol. The van der Waals surface area contributed by atoms with Gasteiger partial charge in [-0.1, -0.05) is 24.3 Å². The van der Waals surface area contributed by atoms with E-state index >= 15 is 0 Å². The van der Waals surface area contributed by atoms with Gasteiger partial charge in [-0.3, -0.25) is 4.98 Å². The maximum Gasteiger partial charge on any atom is 0.227 e. The van der Waals surface area contributed by atoms with Crippen molar-refractivity contribution in [2.24, 2.45) is 0 Å². The lowest BCUT2D eigenvalue weighted by atomic mass is 10.3. The van der Waals surface area contributed by atoms with E-state index in [1.54, 1.807) is 6.20 Å². The molecule has 136 valence electrons. The van der Waals surface area contributed by atoms with Crippen LogP contribution >= 0.6 is 0 Å². The Bertz CT molecular complexity index is 1030. The largest absolute Gasteiger partial charge is 0.350 e. The van der Waals surface area contributed by atoms with E-state index in [1.807, 2.05) is 59.6 Å². The molecule has 1 aromatic carbocycles. The molecule has 0 saturated carbocycles. The highest BCUT2D eigenvalue weighted by Gasteiger charge is 2.15. The molecule has 0 aliphatic heterocycles. The standard InChI is InChI=1S/C20H21N7/c1-14(2)27-13-23-17-18(24-16-8-4-3-5-9-16)25-20(26-19(17)27)22-12-15-7-6-10-21-11-15/h3-11,13-14H,12H2,1-2H3,(H2,22,24,25,26). The van der Waals surface area contributed by atoms with Crippen molar-refractivity contribution in [3.05, 3.63) is 66.7 Å². The van der Waals surface area contributed by atoms with Gasteiger partial charge in [0.15, 0.2) is 17.0 Å². The number of nitrogens with one attached hydrogen (secondary N) is 2. The van der Waals surface area contributed by atoms with Crippen molar-refractivity contribution >= 4 is 28.6 Å². The van der Waals surface area contributed by atoms with Crippen molar-refractivity contribution in [2.45, 2.75) is 26.4 Å². The minimum absolute atomic E-state index is 0.251. The molecule has 7 nitrogen and oxygen atoms in total. The van der Waals surface area contributed by atoms with Crippen molar-refractivity contribution in [1.82, 2.24) is 24.5 Å². The van der Waals surface area contributed by atoms with Crippen molar-refractivity contribution in [3.63, 3.8) is 0 Å². The normalized spacial score (nSPS) is 11.1. The van der Waals surface area contributed by atoms with E-state index in [0.29, 0.717) is 18.3 Å². The lowest BCUT2D eigenvalue weighted by molar-refractivity contribution is 0.613. The Morgan fingerprint density at radius 2 is 1.89 bits per heavy atom. The van der Waals surface area contributed by atoms with E-state index in [-0.39, 0.29) is 6.04 Å². The van der Waals surface area contributed by atoms with E-state index in [0.717, 1.165) is 22.4 Å². The van der Waals surface area contributed by atoms with Crippen LogP contribution in [0.1, 0.15) is 25.5 Å². The Hall–Kier alpha value is -3.48. The van der Waals surface area contributed by atoms with E-state index in [1.165, 1.54) is 0 Å². The first-order chi connectivity index (χ1) is 13.2. The molecule has 0 aliphatic carbocycles. The summed E-state index contributed by atoms with van der Waals surface area (Å²) in [5.74, 6) is 1.23. The Morgan fingerprint density at radius 3 is 2.63 bits per heavy atom. The van der Waals surface area contributed by atoms with Gasteiger partial charge in [0.1, 0.15) is 0 Å². The number of pyridine rings is 1. The molecule has 0 saturated heterocycles. The third-order valence-electron chi connectivity index (χ3n) is 4.19. The number of fused-ring (bicyclic) bond motifs is 1. The van der Waals surface area contributed by atoms with E-state index in [9.17, 15) is 0 Å². The number of benzene rings is 1. The second-order valence-electron chi connectivity index (χ2n) is 6.52. The van der Waals surface area contributed by atoms with Crippen LogP contribution in [-0.4, -0.2) is 24.5 Å². The monoisotopic (exact) mass is 359 g/mol. The van der Waals surface area contributed by atoms with Gasteiger partial charge in [0.25, 0.3) is 0 Å². The van der Waals surface area contributed by atoms with Crippen molar-refractivity contribution in [1.29, 1.82) is 0 Å². The van der Waals surface area contributed by atoms with Crippen LogP contribution in [0.2, 0.25) is 0 Å². The van der Waals surface area contributed by atoms with Gasteiger partial charge in [0.05, 0.1) is 6.33 Å². The molecular weight excluding hydrogens is 338 g/mol. The maximum atomic E-state index is 4.69. The molecule has 0 unspecified atom stereocenters. The van der Waals surface area contributed by atoms with Crippen molar-refractivity contribution in [3.8, 4) is 0 Å². The predicted molar refractivity (Wildman–Crippen MR) is 107 cm³/mol. The highest BCUT2D eigenvalue weighted by Crippen LogP contribution is 2.26. The lowest BCUT2D eigenvalue weighted by Crippen LogP contribution is -2.08. The molecule has 2 N–H and O–H groups in total. The first kappa shape index (κ1) is 17.0. The highest BCUT2D eigenvalue weighted by atomic mass is 15.2. The molecule has 4 aromatic rings. The summed E-state index contributed by atoms with van der Waals surface area (Å²) in [6.07, 6.45) is 5.40. The third kappa shape index (κ3) is 3.72. The fraction of sp³-hybridized carbons (Fsp3) is 0.200. The Balaban J connectivity index is 1.71. The first-order valence-electron chi connectivity index (χ1n) is 8.90. The summed E-state index contributed by atoms with van der Waals surface area (Å²) in [5.41, 5.74) is 3.57. The van der Waals surface area contributed by atoms with Crippen LogP contribution in [0.4, 0.5) is 17.5 Å². The summed E-state index contributed by atoms with van der Waals surface area (Å²) in [5, 5.41) is 6.65. The van der Waals surface area contributed by atoms with Gasteiger partial charge in [0, 0.05) is 30.7 Å². The number of nitrogens with zero attached hydrogens (tertiary/aromatic N) is 5. The number of para-hydroxylation sites is 1. The predicted octanol–water partition coefficient (Wildman–Crippen LogP) is 4.16. The smallest absolute Gasteiger partial charge is 0.227 e. The number of rotatable bonds is 6. The van der Waals surface area contributed by atoms with Crippen LogP contribution in [0.5, 0.6) is 0 Å². The Morgan fingerprint density at radius 1 is 1.04 bits per heavy atom. The second kappa shape index (κ2) is 7.41. The minimum atomic E-state index is 0.251. The number of anilines is 3. The summed E-state index contributed by atoms with van der Waals surface area (Å²) in [6, 6.07) is 14.1. The van der Waals surface area contributed by atoms with Crippen molar-refractivity contribution < 1.29 is 0 Å². The molecule has 0 spiro atoms. The highest BCUT2D eigenvalue weighted by molar-refractivity contribution is 5.86. The quantitative estimate of drug-likeness (QED) is 0.538. The van der Waals surface area contributed by atoms with Gasteiger partial charge in [-0.05, 0) is 37.6 Å². The SMILES string of the molecule is CC(C)n1cnc2c(Nc3ccccc3)nc(NCc3cccnc3)nc21. The van der Waals surface area contributed by atoms with Crippen LogP contribution in [0.3, 0.4) is 0 Å². The van der Waals surface area contributed by atoms with Gasteiger partial charge >= 0.3 is 0 Å². The molecule has 0 fully saturated rings. The zero-order valence-corrected chi connectivity index (χ0v) is 15.3. The fourth-order valence-corrected chi connectivity index (χ4v) is 2.80. The van der Waals surface area contributed by atoms with Gasteiger partial charge in [-0.15, -0.1) is 0 Å². The molecular formula is C20H21N7. The van der Waals surface area contributed by atoms with Crippen LogP contribution < -0.4 is 10.6 Å². The molecule has 3 heterocycles. The molecule has 4 rings (SSSR count). The van der Waals surface area contributed by atoms with Crippen LogP contribution in [0, 0.1) is 0 Å². The van der Waals surface area contributed by atoms with Gasteiger partial charge in [-0.2, -0.15) is 9.97 Å². The van der Waals surface area contributed by atoms with Gasteiger partial charge < -0.3 is 15.2 Å². The third-order valence-corrected chi connectivity index (χ3v) is 4.19. The van der Waals surface area contributed by atoms with E-state index < -0.39 is 0 Å². The number of hydrogen-bond acceptors (Lipinski definition) is 6. The second-order valence-corrected chi connectivity index (χ2v) is 6.52. The molecule has 0 bridgehead atoms. The van der Waals surface area contributed by atoms with Crippen LogP contribution in [0.15, 0.2) is 61.2 Å². The number of aromatic nitrogens is 5. The maximum absolute atomic E-state index is 4.69. The van der Waals surface area contributed by atoms with E-state index in [2.05, 4.69) is 39.4 Å². The van der Waals surface area contributed by atoms with Gasteiger partial charge in [0.2, 0.25) is 5.95 Å². The average Bonchev–Trinajstić information content (AvgIpc) is 3.13. The van der Waals surface area contributed by atoms with E-state index in [4.69, 9.17) is 4.98 Å². The summed E-state index contributed by atoms with van der Waals surface area (Å²) in [6.45, 7) is 4.81. The molecule has 3 aromatic heterocycles. The van der Waals surface area contributed by atoms with Crippen LogP contribution in [0.25, 0.3) is 11.2 Å². The summed E-state index contributed by atoms with van der Waals surface area (Å²) in [7, 11) is 0. The molecule has 0 aliphatic rings. The summed E-state index contributed by atoms with van der Waals surface area (Å²) in [4.78, 5) is 18.0. The topological polar surface area (TPSA) is 80.5 Å². The molecule has 7 heteroatoms. The number of hydrogen-bond donors (Lipinski definition) is 2. The molecule has 0 amide bonds. The summed E-state index contributed by atoms with van der Waals surface area (Å²) < 4.78 is 2.04. The molecule has 0 radical (unpaired) electrons. The molecule has 0 atom stereocenters. The number of imidazole rings is 1.